The Morgan fingerprint density at radius 2 is 2.10 bits per heavy atom. The molecule has 6 rings (SSSR count). The lowest BCUT2D eigenvalue weighted by Gasteiger charge is -2.46. The molecule has 2 aromatic heterocycles. The number of piperazine rings is 1. The first-order valence-corrected chi connectivity index (χ1v) is 10.1. The van der Waals surface area contributed by atoms with Gasteiger partial charge in [0.2, 0.25) is 0 Å². The number of anilines is 3. The van der Waals surface area contributed by atoms with Gasteiger partial charge in [-0.1, -0.05) is 11.6 Å². The van der Waals surface area contributed by atoms with Crippen molar-refractivity contribution in [2.75, 3.05) is 23.3 Å². The highest BCUT2D eigenvalue weighted by molar-refractivity contribution is 6.32. The number of hydrogen-bond donors (Lipinski definition) is 2. The lowest BCUT2D eigenvalue weighted by Crippen LogP contribution is -2.61. The molecule has 0 aliphatic carbocycles. The average molecular weight is 433 g/mol. The van der Waals surface area contributed by atoms with Gasteiger partial charge in [0.05, 0.1) is 10.5 Å². The van der Waals surface area contributed by atoms with Crippen LogP contribution in [0.15, 0.2) is 36.7 Å². The van der Waals surface area contributed by atoms with E-state index in [1.165, 1.54) is 24.9 Å². The van der Waals surface area contributed by atoms with Gasteiger partial charge < -0.3 is 20.3 Å². The van der Waals surface area contributed by atoms with Crippen LogP contribution in [0.2, 0.25) is 5.02 Å². The molecule has 3 saturated heterocycles. The molecule has 0 unspecified atom stereocenters. The number of rotatable bonds is 5. The van der Waals surface area contributed by atoms with Crippen LogP contribution in [0.1, 0.15) is 12.8 Å². The monoisotopic (exact) mass is 432 g/mol. The third-order valence-corrected chi connectivity index (χ3v) is 5.82. The molecule has 30 heavy (non-hydrogen) atoms. The SMILES string of the molecule is FC(F)Oc1ccc(Nc2ncnc3ccc(N4C[C@@H]5CC[C@H]4CN5)nc23)cc1Cl. The maximum Gasteiger partial charge on any atom is 0.387 e. The molecule has 2 atom stereocenters. The molecule has 3 fully saturated rings. The van der Waals surface area contributed by atoms with E-state index in [1.54, 1.807) is 6.07 Å². The Kier molecular flexibility index (Phi) is 5.00. The van der Waals surface area contributed by atoms with Crippen LogP contribution in [0.3, 0.4) is 0 Å². The summed E-state index contributed by atoms with van der Waals surface area (Å²) in [5.74, 6) is 1.33. The van der Waals surface area contributed by atoms with Crippen LogP contribution >= 0.6 is 11.6 Å². The van der Waals surface area contributed by atoms with Crippen molar-refractivity contribution in [1.29, 1.82) is 0 Å². The fraction of sp³-hybridized carbons (Fsp3) is 0.350. The van der Waals surface area contributed by atoms with Gasteiger partial charge in [-0.25, -0.2) is 15.0 Å². The van der Waals surface area contributed by atoms with Crippen molar-refractivity contribution in [3.8, 4) is 5.75 Å². The molecule has 0 spiro atoms. The molecule has 2 N–H and O–H groups in total. The van der Waals surface area contributed by atoms with Crippen molar-refractivity contribution in [3.63, 3.8) is 0 Å². The fourth-order valence-corrected chi connectivity index (χ4v) is 4.30. The van der Waals surface area contributed by atoms with Gasteiger partial charge >= 0.3 is 6.61 Å². The number of ether oxygens (including phenoxy) is 1. The number of fused-ring (bicyclic) bond motifs is 4. The van der Waals surface area contributed by atoms with Gasteiger partial charge in [0.15, 0.2) is 5.82 Å². The van der Waals surface area contributed by atoms with Crippen molar-refractivity contribution < 1.29 is 13.5 Å². The van der Waals surface area contributed by atoms with Crippen LogP contribution in [-0.2, 0) is 0 Å². The number of nitrogens with zero attached hydrogens (tertiary/aromatic N) is 4. The highest BCUT2D eigenvalue weighted by atomic mass is 35.5. The summed E-state index contributed by atoms with van der Waals surface area (Å²) >= 11 is 6.06. The molecule has 0 amide bonds. The minimum Gasteiger partial charge on any atom is -0.433 e. The van der Waals surface area contributed by atoms with Crippen molar-refractivity contribution in [3.05, 3.63) is 41.7 Å². The van der Waals surface area contributed by atoms with Crippen LogP contribution in [-0.4, -0.2) is 46.7 Å². The van der Waals surface area contributed by atoms with Gasteiger partial charge in [0, 0.05) is 30.9 Å². The molecule has 3 aromatic rings. The number of hydrogen-bond acceptors (Lipinski definition) is 7. The Bertz CT molecular complexity index is 1080. The third kappa shape index (κ3) is 3.70. The number of benzene rings is 1. The largest absolute Gasteiger partial charge is 0.433 e. The van der Waals surface area contributed by atoms with Crippen LogP contribution in [0.5, 0.6) is 5.75 Å². The van der Waals surface area contributed by atoms with Gasteiger partial charge in [-0.2, -0.15) is 8.78 Å². The number of halogens is 3. The van der Waals surface area contributed by atoms with E-state index < -0.39 is 6.61 Å². The minimum absolute atomic E-state index is 0.0733. The molecule has 156 valence electrons. The first kappa shape index (κ1) is 19.2. The summed E-state index contributed by atoms with van der Waals surface area (Å²) < 4.78 is 29.3. The standard InChI is InChI=1S/C20H19ClF2N6O/c21-14-7-11(2-5-16(14)30-20(22)23)27-19-18-15(25-10-26-19)4-6-17(28-18)29-9-12-1-3-13(29)8-24-12/h2,4-7,10,12-13,20,24H,1,3,8-9H2,(H,25,26,27)/t12-,13-/m0/s1. The lowest BCUT2D eigenvalue weighted by atomic mass is 9.93. The topological polar surface area (TPSA) is 75.2 Å². The van der Waals surface area contributed by atoms with Gasteiger partial charge in [0.1, 0.15) is 23.4 Å². The van der Waals surface area contributed by atoms with Crippen LogP contribution in [0, 0.1) is 0 Å². The smallest absolute Gasteiger partial charge is 0.387 e. The van der Waals surface area contributed by atoms with Crippen molar-refractivity contribution in [2.45, 2.75) is 31.5 Å². The maximum atomic E-state index is 12.4. The van der Waals surface area contributed by atoms with E-state index in [1.807, 2.05) is 12.1 Å². The number of nitrogens with one attached hydrogen (secondary N) is 2. The summed E-state index contributed by atoms with van der Waals surface area (Å²) in [6.07, 6.45) is 3.80. The summed E-state index contributed by atoms with van der Waals surface area (Å²) in [5.41, 5.74) is 1.92. The van der Waals surface area contributed by atoms with Gasteiger partial charge in [-0.15, -0.1) is 0 Å². The van der Waals surface area contributed by atoms with E-state index in [2.05, 4.69) is 30.2 Å². The Labute approximate surface area is 176 Å². The molecule has 0 saturated carbocycles. The van der Waals surface area contributed by atoms with E-state index in [0.717, 1.165) is 25.3 Å². The highest BCUT2D eigenvalue weighted by Crippen LogP contribution is 2.32. The van der Waals surface area contributed by atoms with Gasteiger partial charge in [-0.05, 0) is 43.2 Å². The van der Waals surface area contributed by atoms with Crippen LogP contribution in [0.25, 0.3) is 11.0 Å². The van der Waals surface area contributed by atoms with Gasteiger partial charge in [0.25, 0.3) is 0 Å². The predicted molar refractivity (Wildman–Crippen MR) is 111 cm³/mol. The minimum atomic E-state index is -2.94. The second-order valence-corrected chi connectivity index (χ2v) is 7.80. The molecule has 3 aliphatic rings. The number of alkyl halides is 2. The van der Waals surface area contributed by atoms with E-state index >= 15 is 0 Å². The predicted octanol–water partition coefficient (Wildman–Crippen LogP) is 3.96. The fourth-order valence-electron chi connectivity index (χ4n) is 4.08. The molecule has 2 bridgehead atoms. The Hall–Kier alpha value is -2.78. The van der Waals surface area contributed by atoms with Crippen molar-refractivity contribution in [2.24, 2.45) is 0 Å². The van der Waals surface area contributed by atoms with Crippen LogP contribution < -0.4 is 20.3 Å². The zero-order valence-corrected chi connectivity index (χ0v) is 16.6. The molecular formula is C20H19ClF2N6O. The summed E-state index contributed by atoms with van der Waals surface area (Å²) in [6, 6.07) is 9.34. The Morgan fingerprint density at radius 3 is 2.80 bits per heavy atom. The molecule has 3 aliphatic heterocycles. The summed E-state index contributed by atoms with van der Waals surface area (Å²) in [7, 11) is 0. The Balaban J connectivity index is 1.45. The van der Waals surface area contributed by atoms with E-state index in [-0.39, 0.29) is 10.8 Å². The van der Waals surface area contributed by atoms with Crippen LogP contribution in [0.4, 0.5) is 26.1 Å². The summed E-state index contributed by atoms with van der Waals surface area (Å²) in [6.45, 7) is -1.04. The zero-order chi connectivity index (χ0) is 20.7. The highest BCUT2D eigenvalue weighted by Gasteiger charge is 2.34. The molecular weight excluding hydrogens is 414 g/mol. The first-order valence-electron chi connectivity index (χ1n) is 9.70. The van der Waals surface area contributed by atoms with E-state index in [9.17, 15) is 8.78 Å². The second kappa shape index (κ2) is 7.81. The molecule has 5 heterocycles. The average Bonchev–Trinajstić information content (AvgIpc) is 2.76. The van der Waals surface area contributed by atoms with E-state index in [4.69, 9.17) is 16.6 Å². The van der Waals surface area contributed by atoms with Gasteiger partial charge in [-0.3, -0.25) is 0 Å². The third-order valence-electron chi connectivity index (χ3n) is 5.52. The molecule has 10 heteroatoms. The Morgan fingerprint density at radius 1 is 1.20 bits per heavy atom. The molecule has 1 aromatic carbocycles. The molecule has 0 radical (unpaired) electrons. The molecule has 7 nitrogen and oxygen atoms in total. The number of pyridine rings is 1. The number of aromatic nitrogens is 3. The van der Waals surface area contributed by atoms with E-state index in [0.29, 0.717) is 34.6 Å². The second-order valence-electron chi connectivity index (χ2n) is 7.40. The summed E-state index contributed by atoms with van der Waals surface area (Å²) in [5, 5.41) is 6.78. The lowest BCUT2D eigenvalue weighted by molar-refractivity contribution is -0.0497. The normalized spacial score (nSPS) is 20.7. The summed E-state index contributed by atoms with van der Waals surface area (Å²) in [4.78, 5) is 15.8. The first-order chi connectivity index (χ1) is 14.6. The number of piperidine rings is 2. The van der Waals surface area contributed by atoms with Crippen molar-refractivity contribution >= 4 is 40.0 Å². The quantitative estimate of drug-likeness (QED) is 0.632. The maximum absolute atomic E-state index is 12.4. The van der Waals surface area contributed by atoms with Crippen molar-refractivity contribution in [1.82, 2.24) is 20.3 Å². The zero-order valence-electron chi connectivity index (χ0n) is 15.9.